The Morgan fingerprint density at radius 2 is 1.95 bits per heavy atom. The summed E-state index contributed by atoms with van der Waals surface area (Å²) in [5, 5.41) is 0. The largest absolute Gasteiger partial charge is 0.497 e. The third kappa shape index (κ3) is 3.74. The molecule has 1 aliphatic rings. The first-order chi connectivity index (χ1) is 9.67. The molecule has 2 unspecified atom stereocenters. The third-order valence-corrected chi connectivity index (χ3v) is 4.33. The molecule has 20 heavy (non-hydrogen) atoms. The van der Waals surface area contributed by atoms with Gasteiger partial charge in [-0.25, -0.2) is 0 Å². The van der Waals surface area contributed by atoms with Gasteiger partial charge in [-0.2, -0.15) is 0 Å². The lowest BCUT2D eigenvalue weighted by molar-refractivity contribution is 0.171. The second-order valence-electron chi connectivity index (χ2n) is 5.86. The van der Waals surface area contributed by atoms with E-state index >= 15 is 0 Å². The zero-order valence-corrected chi connectivity index (χ0v) is 13.0. The number of nitrogens with zero attached hydrogens (tertiary/aromatic N) is 1. The van der Waals surface area contributed by atoms with Gasteiger partial charge in [0.2, 0.25) is 0 Å². The zero-order chi connectivity index (χ0) is 14.5. The van der Waals surface area contributed by atoms with E-state index in [4.69, 9.17) is 10.5 Å². The summed E-state index contributed by atoms with van der Waals surface area (Å²) in [7, 11) is 1.69. The average molecular weight is 276 g/mol. The third-order valence-electron chi connectivity index (χ3n) is 4.33. The summed E-state index contributed by atoms with van der Waals surface area (Å²) in [6, 6.07) is 9.39. The van der Waals surface area contributed by atoms with Crippen molar-refractivity contribution in [3.05, 3.63) is 29.8 Å². The zero-order valence-electron chi connectivity index (χ0n) is 13.0. The van der Waals surface area contributed by atoms with Crippen molar-refractivity contribution in [3.63, 3.8) is 0 Å². The summed E-state index contributed by atoms with van der Waals surface area (Å²) in [6.07, 6.45) is 5.18. The van der Waals surface area contributed by atoms with Crippen molar-refractivity contribution in [1.29, 1.82) is 0 Å². The highest BCUT2D eigenvalue weighted by molar-refractivity contribution is 5.29. The highest BCUT2D eigenvalue weighted by Crippen LogP contribution is 2.32. The van der Waals surface area contributed by atoms with E-state index in [0.717, 1.165) is 11.8 Å². The normalized spacial score (nSPS) is 18.1. The molecule has 0 heterocycles. The summed E-state index contributed by atoms with van der Waals surface area (Å²) in [4.78, 5) is 2.61. The van der Waals surface area contributed by atoms with Gasteiger partial charge in [0.05, 0.1) is 7.11 Å². The van der Waals surface area contributed by atoms with Crippen LogP contribution >= 0.6 is 0 Å². The Bertz CT molecular complexity index is 400. The lowest BCUT2D eigenvalue weighted by Gasteiger charge is -2.33. The first-order valence-corrected chi connectivity index (χ1v) is 7.82. The molecule has 2 N–H and O–H groups in total. The number of benzene rings is 1. The smallest absolute Gasteiger partial charge is 0.118 e. The Balaban J connectivity index is 2.02. The lowest BCUT2D eigenvalue weighted by Crippen LogP contribution is -2.42. The number of hydrogen-bond acceptors (Lipinski definition) is 3. The molecule has 0 radical (unpaired) electrons. The first kappa shape index (κ1) is 15.3. The summed E-state index contributed by atoms with van der Waals surface area (Å²) >= 11 is 0. The Hall–Kier alpha value is -1.06. The molecular formula is C17H28N2O. The maximum absolute atomic E-state index is 6.49. The maximum atomic E-state index is 6.49. The molecule has 1 aromatic carbocycles. The monoisotopic (exact) mass is 276 g/mol. The van der Waals surface area contributed by atoms with Crippen LogP contribution in [0, 0.1) is 0 Å². The van der Waals surface area contributed by atoms with Crippen LogP contribution in [0.4, 0.5) is 0 Å². The van der Waals surface area contributed by atoms with Crippen molar-refractivity contribution in [2.75, 3.05) is 13.7 Å². The van der Waals surface area contributed by atoms with Crippen LogP contribution in [0.1, 0.15) is 51.1 Å². The molecule has 3 nitrogen and oxygen atoms in total. The van der Waals surface area contributed by atoms with E-state index in [2.05, 4.69) is 30.9 Å². The number of methoxy groups -OCH3 is 1. The van der Waals surface area contributed by atoms with Crippen molar-refractivity contribution in [2.45, 2.75) is 57.7 Å². The van der Waals surface area contributed by atoms with E-state index in [1.54, 1.807) is 7.11 Å². The van der Waals surface area contributed by atoms with Gasteiger partial charge in [0, 0.05) is 18.1 Å². The molecule has 1 aromatic rings. The van der Waals surface area contributed by atoms with Gasteiger partial charge in [-0.15, -0.1) is 0 Å². The van der Waals surface area contributed by atoms with Gasteiger partial charge in [0.15, 0.2) is 0 Å². The van der Waals surface area contributed by atoms with Gasteiger partial charge in [-0.05, 0) is 50.4 Å². The summed E-state index contributed by atoms with van der Waals surface area (Å²) in [5.74, 6) is 0.888. The fraction of sp³-hybridized carbons (Fsp3) is 0.647. The van der Waals surface area contributed by atoms with Gasteiger partial charge in [-0.1, -0.05) is 25.5 Å². The molecule has 2 atom stereocenters. The highest BCUT2D eigenvalue weighted by Gasteiger charge is 2.34. The minimum atomic E-state index is 0.0679. The minimum absolute atomic E-state index is 0.0679. The topological polar surface area (TPSA) is 38.5 Å². The van der Waals surface area contributed by atoms with Gasteiger partial charge < -0.3 is 10.5 Å². The van der Waals surface area contributed by atoms with Crippen LogP contribution in [0.2, 0.25) is 0 Å². The summed E-state index contributed by atoms with van der Waals surface area (Å²) < 4.78 is 5.21. The Labute approximate surface area is 123 Å². The lowest BCUT2D eigenvalue weighted by atomic mass is 9.99. The molecule has 0 amide bonds. The SMILES string of the molecule is CCCCN(C1CC1)C(C)C(N)c1ccc(OC)cc1. The molecule has 0 saturated heterocycles. The predicted molar refractivity (Wildman–Crippen MR) is 84.0 cm³/mol. The van der Waals surface area contributed by atoms with Crippen molar-refractivity contribution in [1.82, 2.24) is 4.90 Å². The molecule has 2 rings (SSSR count). The number of unbranched alkanes of at least 4 members (excludes halogenated alkanes) is 1. The van der Waals surface area contributed by atoms with Gasteiger partial charge in [0.25, 0.3) is 0 Å². The Morgan fingerprint density at radius 1 is 1.30 bits per heavy atom. The van der Waals surface area contributed by atoms with E-state index < -0.39 is 0 Å². The Kier molecular flexibility index (Phi) is 5.44. The minimum Gasteiger partial charge on any atom is -0.497 e. The van der Waals surface area contributed by atoms with Crippen molar-refractivity contribution >= 4 is 0 Å². The van der Waals surface area contributed by atoms with Crippen LogP contribution < -0.4 is 10.5 Å². The average Bonchev–Trinajstić information content (AvgIpc) is 3.31. The molecule has 1 saturated carbocycles. The van der Waals surface area contributed by atoms with E-state index in [1.165, 1.54) is 37.8 Å². The van der Waals surface area contributed by atoms with Crippen LogP contribution in [0.3, 0.4) is 0 Å². The number of nitrogens with two attached hydrogens (primary N) is 1. The quantitative estimate of drug-likeness (QED) is 0.791. The molecule has 112 valence electrons. The maximum Gasteiger partial charge on any atom is 0.118 e. The van der Waals surface area contributed by atoms with E-state index in [0.29, 0.717) is 6.04 Å². The number of ether oxygens (including phenoxy) is 1. The second-order valence-corrected chi connectivity index (χ2v) is 5.86. The van der Waals surface area contributed by atoms with Crippen LogP contribution in [-0.4, -0.2) is 30.6 Å². The van der Waals surface area contributed by atoms with Crippen LogP contribution in [0.5, 0.6) is 5.75 Å². The molecule has 0 aromatic heterocycles. The van der Waals surface area contributed by atoms with Gasteiger partial charge in [0.1, 0.15) is 5.75 Å². The van der Waals surface area contributed by atoms with E-state index in [9.17, 15) is 0 Å². The van der Waals surface area contributed by atoms with Crippen molar-refractivity contribution in [2.24, 2.45) is 5.73 Å². The standard InChI is InChI=1S/C17H28N2O/c1-4-5-12-19(15-8-9-15)13(2)17(18)14-6-10-16(20-3)11-7-14/h6-7,10-11,13,15,17H,4-5,8-9,12,18H2,1-3H3. The van der Waals surface area contributed by atoms with Crippen molar-refractivity contribution in [3.8, 4) is 5.75 Å². The van der Waals surface area contributed by atoms with E-state index in [-0.39, 0.29) is 6.04 Å². The van der Waals surface area contributed by atoms with Crippen LogP contribution in [0.15, 0.2) is 24.3 Å². The molecule has 0 spiro atoms. The molecule has 0 bridgehead atoms. The molecule has 3 heteroatoms. The Morgan fingerprint density at radius 3 is 2.45 bits per heavy atom. The molecular weight excluding hydrogens is 248 g/mol. The highest BCUT2D eigenvalue weighted by atomic mass is 16.5. The van der Waals surface area contributed by atoms with Gasteiger partial charge in [-0.3, -0.25) is 4.90 Å². The molecule has 1 aliphatic carbocycles. The van der Waals surface area contributed by atoms with Crippen LogP contribution in [0.25, 0.3) is 0 Å². The summed E-state index contributed by atoms with van der Waals surface area (Å²) in [6.45, 7) is 5.69. The summed E-state index contributed by atoms with van der Waals surface area (Å²) in [5.41, 5.74) is 7.68. The second kappa shape index (κ2) is 7.09. The molecule has 1 fully saturated rings. The van der Waals surface area contributed by atoms with Gasteiger partial charge >= 0.3 is 0 Å². The molecule has 0 aliphatic heterocycles. The number of hydrogen-bond donors (Lipinski definition) is 1. The van der Waals surface area contributed by atoms with E-state index in [1.807, 2.05) is 12.1 Å². The first-order valence-electron chi connectivity index (χ1n) is 7.82. The predicted octanol–water partition coefficient (Wildman–Crippen LogP) is 3.35. The fourth-order valence-electron chi connectivity index (χ4n) is 2.78. The fourth-order valence-corrected chi connectivity index (χ4v) is 2.78. The van der Waals surface area contributed by atoms with Crippen molar-refractivity contribution < 1.29 is 4.74 Å². The number of rotatable bonds is 8. The van der Waals surface area contributed by atoms with Crippen LogP contribution in [-0.2, 0) is 0 Å².